The molecule has 0 saturated heterocycles. The van der Waals surface area contributed by atoms with Gasteiger partial charge in [0, 0.05) is 16.7 Å². The van der Waals surface area contributed by atoms with Crippen molar-refractivity contribution in [2.45, 2.75) is 27.7 Å². The number of hydrogen-bond donors (Lipinski definition) is 0. The van der Waals surface area contributed by atoms with Crippen LogP contribution < -0.4 is 0 Å². The molecule has 1 heterocycles. The number of aliphatic imine (C=N–C) groups is 1. The lowest BCUT2D eigenvalue weighted by Crippen LogP contribution is -2.17. The van der Waals surface area contributed by atoms with Crippen molar-refractivity contribution < 1.29 is 9.53 Å². The molecule has 186 valence electrons. The third kappa shape index (κ3) is 5.36. The molecule has 5 nitrogen and oxygen atoms in total. The first-order valence-electron chi connectivity index (χ1n) is 12.1. The van der Waals surface area contributed by atoms with Crippen LogP contribution in [0.1, 0.15) is 35.5 Å². The maximum Gasteiger partial charge on any atom is 0.278 e. The number of benzene rings is 3. The van der Waals surface area contributed by atoms with Crippen LogP contribution in [0, 0.1) is 13.8 Å². The Bertz CT molecular complexity index is 1510. The Balaban J connectivity index is 1.81. The smallest absolute Gasteiger partial charge is 0.278 e. The van der Waals surface area contributed by atoms with E-state index in [1.807, 2.05) is 107 Å². The van der Waals surface area contributed by atoms with Crippen LogP contribution >= 0.6 is 0 Å². The first-order valence-corrected chi connectivity index (χ1v) is 12.1. The molecule has 0 spiro atoms. The Morgan fingerprint density at radius 2 is 1.57 bits per heavy atom. The molecule has 0 fully saturated rings. The number of carbonyl (C=O) groups excluding carboxylic acids is 1. The number of methoxy groups -OCH3 is 1. The lowest BCUT2D eigenvalue weighted by molar-refractivity contribution is 0.0962. The molecule has 37 heavy (non-hydrogen) atoms. The summed E-state index contributed by atoms with van der Waals surface area (Å²) in [5.74, 6) is 0.307. The third-order valence-corrected chi connectivity index (χ3v) is 6.23. The average Bonchev–Trinajstić information content (AvgIpc) is 3.25. The lowest BCUT2D eigenvalue weighted by Gasteiger charge is -2.13. The van der Waals surface area contributed by atoms with Gasteiger partial charge in [0.25, 0.3) is 5.91 Å². The van der Waals surface area contributed by atoms with Gasteiger partial charge in [-0.3, -0.25) is 9.79 Å². The van der Waals surface area contributed by atoms with Gasteiger partial charge in [-0.05, 0) is 56.5 Å². The molecule has 5 heteroatoms. The number of allylic oxidation sites excluding steroid dienone is 3. The number of aryl methyl sites for hydroxylation is 1. The molecule has 3 aromatic carbocycles. The topological polar surface area (TPSA) is 56.5 Å². The molecule has 0 aliphatic heterocycles. The Hall–Kier alpha value is -4.51. The van der Waals surface area contributed by atoms with Crippen LogP contribution in [0.2, 0.25) is 0 Å². The van der Waals surface area contributed by atoms with E-state index >= 15 is 0 Å². The van der Waals surface area contributed by atoms with Gasteiger partial charge >= 0.3 is 0 Å². The highest BCUT2D eigenvalue weighted by molar-refractivity contribution is 6.21. The highest BCUT2D eigenvalue weighted by atomic mass is 16.5. The summed E-state index contributed by atoms with van der Waals surface area (Å²) in [5.41, 5.74) is 8.59. The minimum atomic E-state index is -0.166. The SMILES string of the molecule is C=C(/C=N\c1ccc(C(C(=O)n2nc(-c3ccccc3)c(-c3ccccc3)c2C)=C(C)C)cc1C)OC. The number of nitrogens with zero attached hydrogens (tertiary/aromatic N) is 3. The summed E-state index contributed by atoms with van der Waals surface area (Å²) < 4.78 is 6.61. The summed E-state index contributed by atoms with van der Waals surface area (Å²) in [5, 5.41) is 4.87. The van der Waals surface area contributed by atoms with Crippen LogP contribution in [0.3, 0.4) is 0 Å². The summed E-state index contributed by atoms with van der Waals surface area (Å²) in [6.45, 7) is 11.6. The zero-order chi connectivity index (χ0) is 26.5. The van der Waals surface area contributed by atoms with Crippen LogP contribution in [0.5, 0.6) is 0 Å². The zero-order valence-corrected chi connectivity index (χ0v) is 21.9. The fourth-order valence-electron chi connectivity index (χ4n) is 4.33. The highest BCUT2D eigenvalue weighted by Gasteiger charge is 2.25. The monoisotopic (exact) mass is 489 g/mol. The number of rotatable bonds is 7. The molecule has 0 unspecified atom stereocenters. The van der Waals surface area contributed by atoms with Crippen molar-refractivity contribution in [3.63, 3.8) is 0 Å². The summed E-state index contributed by atoms with van der Waals surface area (Å²) in [7, 11) is 1.56. The first-order chi connectivity index (χ1) is 17.8. The van der Waals surface area contributed by atoms with Crippen LogP contribution in [0.25, 0.3) is 28.0 Å². The fraction of sp³-hybridized carbons (Fsp3) is 0.156. The van der Waals surface area contributed by atoms with Gasteiger partial charge in [0.05, 0.1) is 24.7 Å². The Kier molecular flexibility index (Phi) is 7.63. The molecule has 0 amide bonds. The molecule has 0 saturated carbocycles. The van der Waals surface area contributed by atoms with Crippen molar-refractivity contribution >= 4 is 23.4 Å². The van der Waals surface area contributed by atoms with Gasteiger partial charge in [0.15, 0.2) is 0 Å². The second-order valence-electron chi connectivity index (χ2n) is 9.06. The Morgan fingerprint density at radius 1 is 0.946 bits per heavy atom. The maximum atomic E-state index is 14.1. The van der Waals surface area contributed by atoms with Gasteiger partial charge < -0.3 is 4.74 Å². The standard InChI is InChI=1S/C32H31N3O2/c1-21(2)29(27-17-18-28(22(3)19-27)33-20-23(4)37-6)32(36)35-24(5)30(25-13-9-7-10-14-25)31(34-35)26-15-11-8-12-16-26/h7-20H,4H2,1-3,5-6H3/b33-20-. The molecule has 0 radical (unpaired) electrons. The summed E-state index contributed by atoms with van der Waals surface area (Å²) in [4.78, 5) is 18.5. The van der Waals surface area contributed by atoms with Crippen molar-refractivity contribution in [2.75, 3.05) is 7.11 Å². The van der Waals surface area contributed by atoms with E-state index in [1.54, 1.807) is 13.3 Å². The second kappa shape index (κ2) is 11.0. The molecular formula is C32H31N3O2. The van der Waals surface area contributed by atoms with Crippen LogP contribution in [-0.4, -0.2) is 29.0 Å². The molecule has 0 aliphatic carbocycles. The normalized spacial score (nSPS) is 10.9. The van der Waals surface area contributed by atoms with E-state index in [0.717, 1.165) is 50.5 Å². The van der Waals surface area contributed by atoms with Gasteiger partial charge in [0.1, 0.15) is 11.5 Å². The largest absolute Gasteiger partial charge is 0.496 e. The lowest BCUT2D eigenvalue weighted by atomic mass is 9.97. The predicted molar refractivity (Wildman–Crippen MR) is 152 cm³/mol. The predicted octanol–water partition coefficient (Wildman–Crippen LogP) is 7.83. The molecular weight excluding hydrogens is 458 g/mol. The Labute approximate surface area is 218 Å². The minimum Gasteiger partial charge on any atom is -0.496 e. The molecule has 0 atom stereocenters. The van der Waals surface area contributed by atoms with E-state index in [4.69, 9.17) is 9.84 Å². The maximum absolute atomic E-state index is 14.1. The first kappa shape index (κ1) is 25.6. The van der Waals surface area contributed by atoms with E-state index in [9.17, 15) is 4.79 Å². The van der Waals surface area contributed by atoms with Crippen molar-refractivity contribution in [2.24, 2.45) is 4.99 Å². The van der Waals surface area contributed by atoms with Crippen molar-refractivity contribution in [3.05, 3.63) is 114 Å². The fourth-order valence-corrected chi connectivity index (χ4v) is 4.33. The van der Waals surface area contributed by atoms with E-state index in [2.05, 4.69) is 11.6 Å². The van der Waals surface area contributed by atoms with E-state index in [-0.39, 0.29) is 5.91 Å². The number of ether oxygens (including phenoxy) is 1. The van der Waals surface area contributed by atoms with Crippen LogP contribution in [0.4, 0.5) is 5.69 Å². The minimum absolute atomic E-state index is 0.166. The average molecular weight is 490 g/mol. The van der Waals surface area contributed by atoms with Gasteiger partial charge in [-0.15, -0.1) is 0 Å². The van der Waals surface area contributed by atoms with Crippen molar-refractivity contribution in [1.82, 2.24) is 9.78 Å². The number of aromatic nitrogens is 2. The summed E-state index contributed by atoms with van der Waals surface area (Å²) >= 11 is 0. The summed E-state index contributed by atoms with van der Waals surface area (Å²) in [6.07, 6.45) is 1.58. The van der Waals surface area contributed by atoms with Crippen molar-refractivity contribution in [3.8, 4) is 22.4 Å². The van der Waals surface area contributed by atoms with Gasteiger partial charge in [-0.1, -0.05) is 78.9 Å². The third-order valence-electron chi connectivity index (χ3n) is 6.23. The van der Waals surface area contributed by atoms with Crippen LogP contribution in [0.15, 0.2) is 102 Å². The highest BCUT2D eigenvalue weighted by Crippen LogP contribution is 2.35. The van der Waals surface area contributed by atoms with E-state index < -0.39 is 0 Å². The molecule has 4 aromatic rings. The molecule has 0 aliphatic rings. The van der Waals surface area contributed by atoms with E-state index in [1.165, 1.54) is 4.68 Å². The van der Waals surface area contributed by atoms with Gasteiger partial charge in [0.2, 0.25) is 0 Å². The zero-order valence-electron chi connectivity index (χ0n) is 21.9. The summed E-state index contributed by atoms with van der Waals surface area (Å²) in [6, 6.07) is 25.9. The van der Waals surface area contributed by atoms with Crippen molar-refractivity contribution in [1.29, 1.82) is 0 Å². The molecule has 0 bridgehead atoms. The van der Waals surface area contributed by atoms with Gasteiger partial charge in [-0.2, -0.15) is 9.78 Å². The number of hydrogen-bond acceptors (Lipinski definition) is 4. The molecule has 0 N–H and O–H groups in total. The second-order valence-corrected chi connectivity index (χ2v) is 9.06. The van der Waals surface area contributed by atoms with Crippen LogP contribution in [-0.2, 0) is 4.74 Å². The molecule has 1 aromatic heterocycles. The number of carbonyl (C=O) groups is 1. The Morgan fingerprint density at radius 3 is 2.14 bits per heavy atom. The van der Waals surface area contributed by atoms with E-state index in [0.29, 0.717) is 11.3 Å². The molecule has 4 rings (SSSR count). The van der Waals surface area contributed by atoms with Gasteiger partial charge in [-0.25, -0.2) is 0 Å². The quantitative estimate of drug-likeness (QED) is 0.151.